The predicted molar refractivity (Wildman–Crippen MR) is 120 cm³/mol. The summed E-state index contributed by atoms with van der Waals surface area (Å²) < 4.78 is 16.6. The van der Waals surface area contributed by atoms with E-state index in [4.69, 9.17) is 14.2 Å². The molecule has 6 heteroatoms. The summed E-state index contributed by atoms with van der Waals surface area (Å²) in [4.78, 5) is 2.09. The minimum absolute atomic E-state index is 0.209. The van der Waals surface area contributed by atoms with E-state index in [9.17, 15) is 5.11 Å². The zero-order chi connectivity index (χ0) is 21.6. The van der Waals surface area contributed by atoms with Crippen LogP contribution >= 0.6 is 0 Å². The SMILES string of the molecule is CCOCCCNCc1ccc(OC)c(OC[C@@H](O)CN(C)Cc2ccccc2)c1. The predicted octanol–water partition coefficient (Wildman–Crippen LogP) is 3.08. The Hall–Kier alpha value is -2.12. The summed E-state index contributed by atoms with van der Waals surface area (Å²) >= 11 is 0. The van der Waals surface area contributed by atoms with E-state index in [-0.39, 0.29) is 6.61 Å². The van der Waals surface area contributed by atoms with Crippen LogP contribution in [0.5, 0.6) is 11.5 Å². The summed E-state index contributed by atoms with van der Waals surface area (Å²) in [6.45, 7) is 6.70. The molecule has 2 aromatic carbocycles. The molecule has 0 aromatic heterocycles. The normalized spacial score (nSPS) is 12.2. The van der Waals surface area contributed by atoms with E-state index >= 15 is 0 Å². The molecule has 6 nitrogen and oxygen atoms in total. The molecule has 0 heterocycles. The Morgan fingerprint density at radius 1 is 1.07 bits per heavy atom. The lowest BCUT2D eigenvalue weighted by molar-refractivity contribution is 0.0732. The van der Waals surface area contributed by atoms with Crippen LogP contribution in [0.2, 0.25) is 0 Å². The average molecular weight is 417 g/mol. The summed E-state index contributed by atoms with van der Waals surface area (Å²) in [6, 6.07) is 16.1. The van der Waals surface area contributed by atoms with E-state index in [1.165, 1.54) is 5.56 Å². The average Bonchev–Trinajstić information content (AvgIpc) is 2.75. The first kappa shape index (κ1) is 24.2. The van der Waals surface area contributed by atoms with Gasteiger partial charge in [-0.25, -0.2) is 0 Å². The van der Waals surface area contributed by atoms with Crippen molar-refractivity contribution < 1.29 is 19.3 Å². The second-order valence-electron chi connectivity index (χ2n) is 7.36. The van der Waals surface area contributed by atoms with Gasteiger partial charge in [-0.2, -0.15) is 0 Å². The molecule has 2 rings (SSSR count). The Morgan fingerprint density at radius 3 is 2.60 bits per heavy atom. The van der Waals surface area contributed by atoms with Gasteiger partial charge in [0.1, 0.15) is 12.7 Å². The molecule has 2 N–H and O–H groups in total. The number of nitrogens with zero attached hydrogens (tertiary/aromatic N) is 1. The van der Waals surface area contributed by atoms with Gasteiger partial charge in [0.15, 0.2) is 11.5 Å². The van der Waals surface area contributed by atoms with Crippen LogP contribution in [-0.4, -0.2) is 63.2 Å². The zero-order valence-electron chi connectivity index (χ0n) is 18.5. The number of ether oxygens (including phenoxy) is 3. The van der Waals surface area contributed by atoms with Crippen molar-refractivity contribution in [3.8, 4) is 11.5 Å². The largest absolute Gasteiger partial charge is 0.493 e. The van der Waals surface area contributed by atoms with Crippen molar-refractivity contribution >= 4 is 0 Å². The van der Waals surface area contributed by atoms with Crippen molar-refractivity contribution in [1.82, 2.24) is 10.2 Å². The van der Waals surface area contributed by atoms with E-state index < -0.39 is 6.10 Å². The highest BCUT2D eigenvalue weighted by Gasteiger charge is 2.12. The summed E-state index contributed by atoms with van der Waals surface area (Å²) in [6.07, 6.45) is 0.388. The molecule has 0 unspecified atom stereocenters. The summed E-state index contributed by atoms with van der Waals surface area (Å²) in [7, 11) is 3.62. The van der Waals surface area contributed by atoms with Gasteiger partial charge in [0.25, 0.3) is 0 Å². The summed E-state index contributed by atoms with van der Waals surface area (Å²) in [5.41, 5.74) is 2.33. The third-order valence-electron chi connectivity index (χ3n) is 4.65. The molecule has 0 aliphatic carbocycles. The lowest BCUT2D eigenvalue weighted by Gasteiger charge is -2.21. The minimum atomic E-state index is -0.594. The number of likely N-dealkylation sites (N-methyl/N-ethyl adjacent to an activating group) is 1. The van der Waals surface area contributed by atoms with Crippen LogP contribution < -0.4 is 14.8 Å². The molecule has 0 radical (unpaired) electrons. The molecule has 0 saturated carbocycles. The van der Waals surface area contributed by atoms with Gasteiger partial charge < -0.3 is 24.6 Å². The smallest absolute Gasteiger partial charge is 0.161 e. The first-order valence-electron chi connectivity index (χ1n) is 10.6. The maximum Gasteiger partial charge on any atom is 0.161 e. The molecule has 0 fully saturated rings. The Kier molecular flexibility index (Phi) is 11.3. The maximum absolute atomic E-state index is 10.4. The van der Waals surface area contributed by atoms with E-state index in [1.54, 1.807) is 7.11 Å². The second kappa shape index (κ2) is 14.0. The van der Waals surface area contributed by atoms with Gasteiger partial charge in [-0.1, -0.05) is 36.4 Å². The Bertz CT molecular complexity index is 712. The molecule has 30 heavy (non-hydrogen) atoms. The van der Waals surface area contributed by atoms with Crippen molar-refractivity contribution in [2.75, 3.05) is 47.1 Å². The van der Waals surface area contributed by atoms with Gasteiger partial charge in [0.05, 0.1) is 7.11 Å². The third-order valence-corrected chi connectivity index (χ3v) is 4.65. The monoisotopic (exact) mass is 416 g/mol. The molecule has 0 spiro atoms. The van der Waals surface area contributed by atoms with Crippen LogP contribution in [0, 0.1) is 0 Å². The lowest BCUT2D eigenvalue weighted by atomic mass is 10.2. The number of rotatable bonds is 15. The lowest BCUT2D eigenvalue weighted by Crippen LogP contribution is -2.32. The number of aliphatic hydroxyl groups excluding tert-OH is 1. The molecule has 0 bridgehead atoms. The Labute approximate surface area is 180 Å². The Balaban J connectivity index is 1.79. The fourth-order valence-electron chi connectivity index (χ4n) is 3.18. The zero-order valence-corrected chi connectivity index (χ0v) is 18.5. The fraction of sp³-hybridized carbons (Fsp3) is 0.500. The van der Waals surface area contributed by atoms with Crippen molar-refractivity contribution in [1.29, 1.82) is 0 Å². The number of benzene rings is 2. The molecule has 0 amide bonds. The summed E-state index contributed by atoms with van der Waals surface area (Å²) in [5, 5.41) is 13.8. The van der Waals surface area contributed by atoms with Crippen LogP contribution in [-0.2, 0) is 17.8 Å². The van der Waals surface area contributed by atoms with E-state index in [0.29, 0.717) is 18.0 Å². The van der Waals surface area contributed by atoms with Crippen molar-refractivity contribution in [2.45, 2.75) is 32.5 Å². The molecule has 2 aromatic rings. The van der Waals surface area contributed by atoms with E-state index in [0.717, 1.165) is 44.8 Å². The molecule has 166 valence electrons. The fourth-order valence-corrected chi connectivity index (χ4v) is 3.18. The molecule has 1 atom stereocenters. The number of nitrogens with one attached hydrogen (secondary N) is 1. The van der Waals surface area contributed by atoms with Gasteiger partial charge in [-0.15, -0.1) is 0 Å². The highest BCUT2D eigenvalue weighted by Crippen LogP contribution is 2.28. The van der Waals surface area contributed by atoms with Crippen LogP contribution in [0.15, 0.2) is 48.5 Å². The van der Waals surface area contributed by atoms with Gasteiger partial charge in [-0.3, -0.25) is 4.90 Å². The van der Waals surface area contributed by atoms with Crippen molar-refractivity contribution in [3.05, 3.63) is 59.7 Å². The molecule has 0 saturated heterocycles. The first-order chi connectivity index (χ1) is 14.6. The quantitative estimate of drug-likeness (QED) is 0.435. The molecule has 0 aliphatic heterocycles. The van der Waals surface area contributed by atoms with Crippen LogP contribution in [0.1, 0.15) is 24.5 Å². The van der Waals surface area contributed by atoms with E-state index in [2.05, 4.69) is 22.3 Å². The number of hydrogen-bond donors (Lipinski definition) is 2. The van der Waals surface area contributed by atoms with E-state index in [1.807, 2.05) is 50.4 Å². The van der Waals surface area contributed by atoms with Crippen molar-refractivity contribution in [2.24, 2.45) is 0 Å². The van der Waals surface area contributed by atoms with Gasteiger partial charge in [0.2, 0.25) is 0 Å². The second-order valence-corrected chi connectivity index (χ2v) is 7.36. The number of aliphatic hydroxyl groups is 1. The number of hydrogen-bond acceptors (Lipinski definition) is 6. The first-order valence-corrected chi connectivity index (χ1v) is 10.6. The Morgan fingerprint density at radius 2 is 1.87 bits per heavy atom. The van der Waals surface area contributed by atoms with Crippen LogP contribution in [0.3, 0.4) is 0 Å². The molecular weight excluding hydrogens is 380 g/mol. The van der Waals surface area contributed by atoms with Gasteiger partial charge in [-0.05, 0) is 50.2 Å². The third kappa shape index (κ3) is 9.13. The highest BCUT2D eigenvalue weighted by atomic mass is 16.5. The van der Waals surface area contributed by atoms with Gasteiger partial charge >= 0.3 is 0 Å². The topological polar surface area (TPSA) is 63.2 Å². The molecule has 0 aliphatic rings. The van der Waals surface area contributed by atoms with Gasteiger partial charge in [0, 0.05) is 32.8 Å². The number of methoxy groups -OCH3 is 1. The summed E-state index contributed by atoms with van der Waals surface area (Å²) in [5.74, 6) is 1.32. The van der Waals surface area contributed by atoms with Crippen molar-refractivity contribution in [3.63, 3.8) is 0 Å². The minimum Gasteiger partial charge on any atom is -0.493 e. The standard InChI is InChI=1S/C24H36N2O4/c1-4-29-14-8-13-25-16-21-11-12-23(28-3)24(15-21)30-19-22(27)18-26(2)17-20-9-6-5-7-10-20/h5-7,9-12,15,22,25,27H,4,8,13-14,16-19H2,1-3H3/t22-/m0/s1. The van der Waals surface area contributed by atoms with Crippen LogP contribution in [0.25, 0.3) is 0 Å². The highest BCUT2D eigenvalue weighted by molar-refractivity contribution is 5.43. The van der Waals surface area contributed by atoms with Crippen LogP contribution in [0.4, 0.5) is 0 Å². The molecular formula is C24H36N2O4. The maximum atomic E-state index is 10.4.